The lowest BCUT2D eigenvalue weighted by atomic mass is 9.75. The number of hydrogen-bond acceptors (Lipinski definition) is 7. The van der Waals surface area contributed by atoms with Gasteiger partial charge in [0.25, 0.3) is 0 Å². The van der Waals surface area contributed by atoms with Gasteiger partial charge < -0.3 is 10.6 Å². The molecule has 176 valence electrons. The van der Waals surface area contributed by atoms with Crippen molar-refractivity contribution in [3.05, 3.63) is 68.4 Å². The zero-order valence-electron chi connectivity index (χ0n) is 18.8. The van der Waals surface area contributed by atoms with E-state index in [1.165, 1.54) is 22.7 Å². The predicted molar refractivity (Wildman–Crippen MR) is 134 cm³/mol. The van der Waals surface area contributed by atoms with Crippen molar-refractivity contribution < 1.29 is 9.18 Å². The number of amidine groups is 1. The van der Waals surface area contributed by atoms with E-state index in [9.17, 15) is 10.1 Å². The maximum absolute atomic E-state index is 15.2. The molecule has 1 aliphatic carbocycles. The van der Waals surface area contributed by atoms with Crippen LogP contribution in [0.1, 0.15) is 60.6 Å². The van der Waals surface area contributed by atoms with Crippen LogP contribution in [0, 0.1) is 17.1 Å². The number of rotatable bonds is 1. The zero-order chi connectivity index (χ0) is 24.0. The number of halogens is 2. The number of Topliss-reactive ketones (excluding diaryl/α,β-unsaturated/α-hetero) is 1. The van der Waals surface area contributed by atoms with Gasteiger partial charge in [0, 0.05) is 46.9 Å². The number of ketones is 1. The zero-order valence-corrected chi connectivity index (χ0v) is 20.3. The van der Waals surface area contributed by atoms with Gasteiger partial charge in [0.1, 0.15) is 16.7 Å². The highest BCUT2D eigenvalue weighted by Crippen LogP contribution is 2.58. The van der Waals surface area contributed by atoms with Crippen molar-refractivity contribution in [3.8, 4) is 6.07 Å². The predicted octanol–water partition coefficient (Wildman–Crippen LogP) is 5.30. The third-order valence-corrected chi connectivity index (χ3v) is 9.50. The monoisotopic (exact) mass is 505 g/mol. The fourth-order valence-electron chi connectivity index (χ4n) is 6.43. The van der Waals surface area contributed by atoms with E-state index < -0.39 is 11.7 Å². The summed E-state index contributed by atoms with van der Waals surface area (Å²) in [5.41, 5.74) is 10.4. The number of piperidine rings is 1. The molecule has 8 rings (SSSR count). The van der Waals surface area contributed by atoms with Gasteiger partial charge in [-0.1, -0.05) is 29.0 Å². The lowest BCUT2D eigenvalue weighted by Crippen LogP contribution is -2.40. The van der Waals surface area contributed by atoms with Gasteiger partial charge in [0.2, 0.25) is 0 Å². The Labute approximate surface area is 210 Å². The van der Waals surface area contributed by atoms with Gasteiger partial charge in [-0.3, -0.25) is 9.69 Å². The highest BCUT2D eigenvalue weighted by atomic mass is 35.5. The number of aliphatic imine (C=N–C) groups is 1. The Kier molecular flexibility index (Phi) is 4.49. The molecule has 2 bridgehead atoms. The van der Waals surface area contributed by atoms with Crippen molar-refractivity contribution in [2.75, 3.05) is 22.9 Å². The number of fused-ring (bicyclic) bond motifs is 6. The minimum Gasteiger partial charge on any atom is -0.383 e. The molecule has 5 aliphatic heterocycles. The molecule has 0 unspecified atom stereocenters. The van der Waals surface area contributed by atoms with Gasteiger partial charge >= 0.3 is 0 Å². The maximum atomic E-state index is 15.2. The second-order valence-corrected chi connectivity index (χ2v) is 11.0. The van der Waals surface area contributed by atoms with Crippen LogP contribution in [0.2, 0.25) is 5.02 Å². The smallest absolute Gasteiger partial charge is 0.161 e. The van der Waals surface area contributed by atoms with E-state index in [-0.39, 0.29) is 21.9 Å². The standard InChI is InChI=1S/C26H21ClFN5OS/c27-14-3-1-4-15(28)20(14)19-13(11-29)24-31-23(30)22-18-12-7-9-32(10-8-12)25(18)35-26(22)33(24)16-5-2-6-17(34)21(16)19/h1,3-4,12,19H,2,5-10H2,(H2,30,31)/t19-/m0/s1. The Morgan fingerprint density at radius 1 is 1.20 bits per heavy atom. The van der Waals surface area contributed by atoms with Crippen LogP contribution in [0.15, 0.2) is 45.9 Å². The van der Waals surface area contributed by atoms with Crippen molar-refractivity contribution in [1.29, 1.82) is 5.26 Å². The molecular weight excluding hydrogens is 485 g/mol. The van der Waals surface area contributed by atoms with Crippen LogP contribution in [-0.2, 0) is 4.79 Å². The molecular formula is C26H21ClFN5OS. The summed E-state index contributed by atoms with van der Waals surface area (Å²) in [6, 6.07) is 6.69. The van der Waals surface area contributed by atoms with Gasteiger partial charge in [-0.15, -0.1) is 0 Å². The van der Waals surface area contributed by atoms with E-state index in [0.29, 0.717) is 42.4 Å². The van der Waals surface area contributed by atoms with E-state index in [4.69, 9.17) is 22.3 Å². The average Bonchev–Trinajstić information content (AvgIpc) is 3.28. The van der Waals surface area contributed by atoms with Crippen LogP contribution in [-0.4, -0.2) is 24.7 Å². The first-order valence-corrected chi connectivity index (χ1v) is 13.1. The lowest BCUT2D eigenvalue weighted by Gasteiger charge is -2.41. The van der Waals surface area contributed by atoms with Crippen molar-refractivity contribution in [1.82, 2.24) is 0 Å². The van der Waals surface area contributed by atoms with E-state index in [0.717, 1.165) is 42.2 Å². The molecule has 6 aliphatic rings. The van der Waals surface area contributed by atoms with Crippen molar-refractivity contribution in [2.24, 2.45) is 10.7 Å². The van der Waals surface area contributed by atoms with Gasteiger partial charge in [0.05, 0.1) is 28.1 Å². The number of nitrogens with zero attached hydrogens (tertiary/aromatic N) is 4. The molecule has 0 amide bonds. The van der Waals surface area contributed by atoms with Crippen molar-refractivity contribution >= 4 is 44.6 Å². The summed E-state index contributed by atoms with van der Waals surface area (Å²) in [4.78, 5) is 22.6. The highest BCUT2D eigenvalue weighted by molar-refractivity contribution is 7.21. The molecule has 1 aromatic heterocycles. The second-order valence-electron chi connectivity index (χ2n) is 9.65. The molecule has 35 heavy (non-hydrogen) atoms. The summed E-state index contributed by atoms with van der Waals surface area (Å²) in [7, 11) is 0. The Hall–Kier alpha value is -3.15. The molecule has 2 aromatic rings. The molecule has 1 atom stereocenters. The number of nitrogens with two attached hydrogens (primary N) is 1. The fraction of sp³-hybridized carbons (Fsp3) is 0.346. The molecule has 0 saturated carbocycles. The molecule has 6 heterocycles. The third kappa shape index (κ3) is 2.74. The van der Waals surface area contributed by atoms with Crippen molar-refractivity contribution in [2.45, 2.75) is 43.9 Å². The van der Waals surface area contributed by atoms with Crippen LogP contribution in [0.5, 0.6) is 0 Å². The molecule has 1 saturated heterocycles. The number of thiophene rings is 1. The first-order chi connectivity index (χ1) is 17.0. The first kappa shape index (κ1) is 21.2. The lowest BCUT2D eigenvalue weighted by molar-refractivity contribution is -0.116. The van der Waals surface area contributed by atoms with Crippen LogP contribution >= 0.6 is 22.9 Å². The van der Waals surface area contributed by atoms with Crippen LogP contribution in [0.25, 0.3) is 0 Å². The van der Waals surface area contributed by atoms with E-state index in [1.807, 2.05) is 4.90 Å². The Bertz CT molecular complexity index is 1450. The normalized spacial score (nSPS) is 23.1. The molecule has 6 nitrogen and oxygen atoms in total. The van der Waals surface area contributed by atoms with Gasteiger partial charge in [-0.05, 0) is 43.7 Å². The Morgan fingerprint density at radius 2 is 2.00 bits per heavy atom. The summed E-state index contributed by atoms with van der Waals surface area (Å²) in [6.07, 6.45) is 3.87. The SMILES string of the molecule is N#CC1=C2N=C(N)c3c(sc4c3C3CCN4CC3)N2C2=C(C(=O)CCC2)[C@@H]1c1c(F)cccc1Cl. The highest BCUT2D eigenvalue weighted by Gasteiger charge is 2.47. The third-order valence-electron chi connectivity index (χ3n) is 7.92. The molecule has 0 radical (unpaired) electrons. The largest absolute Gasteiger partial charge is 0.383 e. The quantitative estimate of drug-likeness (QED) is 0.568. The van der Waals surface area contributed by atoms with Crippen LogP contribution < -0.4 is 15.5 Å². The topological polar surface area (TPSA) is 85.7 Å². The fourth-order valence-corrected chi connectivity index (χ4v) is 8.18. The average molecular weight is 506 g/mol. The van der Waals surface area contributed by atoms with Crippen LogP contribution in [0.4, 0.5) is 14.4 Å². The molecule has 1 fully saturated rings. The number of anilines is 2. The number of allylic oxidation sites excluding steroid dienone is 3. The minimum absolute atomic E-state index is 0.0726. The number of hydrogen-bond donors (Lipinski definition) is 1. The number of carbonyl (C=O) groups is 1. The molecule has 1 aromatic carbocycles. The number of nitriles is 1. The van der Waals surface area contributed by atoms with E-state index >= 15 is 4.39 Å². The van der Waals surface area contributed by atoms with E-state index in [1.54, 1.807) is 17.4 Å². The van der Waals surface area contributed by atoms with Crippen molar-refractivity contribution in [3.63, 3.8) is 0 Å². The summed E-state index contributed by atoms with van der Waals surface area (Å²) in [5, 5.41) is 12.7. The Balaban J connectivity index is 1.54. The molecule has 0 spiro atoms. The Morgan fingerprint density at radius 3 is 2.74 bits per heavy atom. The summed E-state index contributed by atoms with van der Waals surface area (Å²) in [6.45, 7) is 2.06. The van der Waals surface area contributed by atoms with E-state index in [2.05, 4.69) is 11.0 Å². The van der Waals surface area contributed by atoms with Gasteiger partial charge in [-0.2, -0.15) is 5.26 Å². The minimum atomic E-state index is -0.907. The van der Waals surface area contributed by atoms with Gasteiger partial charge in [0.15, 0.2) is 11.6 Å². The van der Waals surface area contributed by atoms with Gasteiger partial charge in [-0.25, -0.2) is 9.38 Å². The maximum Gasteiger partial charge on any atom is 0.161 e. The summed E-state index contributed by atoms with van der Waals surface area (Å²) < 4.78 is 15.2. The number of benzene rings is 1. The molecule has 9 heteroatoms. The molecule has 2 N–H and O–H groups in total. The second kappa shape index (κ2) is 7.42. The van der Waals surface area contributed by atoms with Crippen LogP contribution in [0.3, 0.4) is 0 Å². The summed E-state index contributed by atoms with van der Waals surface area (Å²) in [5.74, 6) is -0.308. The first-order valence-electron chi connectivity index (χ1n) is 11.9. The summed E-state index contributed by atoms with van der Waals surface area (Å²) >= 11 is 8.14. The number of carbonyl (C=O) groups excluding carboxylic acids is 1.